The van der Waals surface area contributed by atoms with E-state index < -0.39 is 0 Å². The summed E-state index contributed by atoms with van der Waals surface area (Å²) in [4.78, 5) is 0. The maximum Gasteiger partial charge on any atom is 0.0630 e. The number of aryl methyl sites for hydroxylation is 1. The summed E-state index contributed by atoms with van der Waals surface area (Å²) in [6.45, 7) is 0. The first kappa shape index (κ1) is 13.5. The highest BCUT2D eigenvalue weighted by atomic mass is 32.2. The normalized spacial score (nSPS) is 19.1. The molecule has 2 heteroatoms. The van der Waals surface area contributed by atoms with Crippen LogP contribution in [0, 0.1) is 0 Å². The van der Waals surface area contributed by atoms with E-state index in [0.717, 1.165) is 0 Å². The van der Waals surface area contributed by atoms with Crippen LogP contribution in [0.2, 0.25) is 0 Å². The minimum absolute atomic E-state index is 1.33. The van der Waals surface area contributed by atoms with Crippen molar-refractivity contribution >= 4 is 23.1 Å². The number of thiophene rings is 1. The zero-order valence-electron chi connectivity index (χ0n) is 11.0. The average molecular weight is 268 g/mol. The van der Waals surface area contributed by atoms with E-state index >= 15 is 0 Å². The molecule has 0 nitrogen and oxygen atoms in total. The summed E-state index contributed by atoms with van der Waals surface area (Å²) >= 11 is 3.92. The van der Waals surface area contributed by atoms with Crippen LogP contribution in [0.4, 0.5) is 0 Å². The van der Waals surface area contributed by atoms with Crippen molar-refractivity contribution in [3.05, 3.63) is 16.5 Å². The molecule has 1 heterocycles. The molecule has 0 aliphatic heterocycles. The zero-order valence-corrected chi connectivity index (χ0v) is 12.6. The summed E-state index contributed by atoms with van der Waals surface area (Å²) < 4.78 is 1.58. The van der Waals surface area contributed by atoms with Crippen LogP contribution in [-0.2, 0) is 12.8 Å². The largest absolute Gasteiger partial charge is 0.137 e. The van der Waals surface area contributed by atoms with Crippen molar-refractivity contribution in [2.45, 2.75) is 68.4 Å². The van der Waals surface area contributed by atoms with Crippen LogP contribution in [0.1, 0.15) is 62.5 Å². The van der Waals surface area contributed by atoms with E-state index in [1.54, 1.807) is 15.3 Å². The molecule has 0 unspecified atom stereocenters. The first-order chi connectivity index (χ1) is 8.42. The quantitative estimate of drug-likeness (QED) is 0.590. The van der Waals surface area contributed by atoms with Crippen molar-refractivity contribution < 1.29 is 0 Å². The zero-order chi connectivity index (χ0) is 11.9. The van der Waals surface area contributed by atoms with E-state index in [-0.39, 0.29) is 0 Å². The molecule has 1 aliphatic carbocycles. The molecule has 0 spiro atoms. The van der Waals surface area contributed by atoms with E-state index in [4.69, 9.17) is 0 Å². The van der Waals surface area contributed by atoms with Crippen molar-refractivity contribution in [2.24, 2.45) is 0 Å². The Hall–Kier alpha value is 0.0500. The summed E-state index contributed by atoms with van der Waals surface area (Å²) in [6, 6.07) is 0. The number of fused-ring (bicyclic) bond motifs is 1. The Kier molecular flexibility index (Phi) is 5.93. The van der Waals surface area contributed by atoms with Crippen LogP contribution >= 0.6 is 23.1 Å². The van der Waals surface area contributed by atoms with Gasteiger partial charge in [0.05, 0.1) is 4.21 Å². The SMILES string of the molecule is CSc1scc2c1CCCCCCCCCC2. The lowest BCUT2D eigenvalue weighted by atomic mass is 9.98. The van der Waals surface area contributed by atoms with Gasteiger partial charge in [0.25, 0.3) is 0 Å². The molecule has 0 radical (unpaired) electrons. The molecule has 96 valence electrons. The van der Waals surface area contributed by atoms with Crippen LogP contribution < -0.4 is 0 Å². The van der Waals surface area contributed by atoms with Gasteiger partial charge >= 0.3 is 0 Å². The summed E-state index contributed by atoms with van der Waals surface area (Å²) in [5, 5.41) is 2.42. The minimum atomic E-state index is 1.33. The minimum Gasteiger partial charge on any atom is -0.137 e. The van der Waals surface area contributed by atoms with Gasteiger partial charge < -0.3 is 0 Å². The van der Waals surface area contributed by atoms with Gasteiger partial charge in [-0.05, 0) is 48.4 Å². The van der Waals surface area contributed by atoms with Crippen molar-refractivity contribution in [3.63, 3.8) is 0 Å². The molecule has 0 saturated heterocycles. The lowest BCUT2D eigenvalue weighted by Crippen LogP contribution is -1.94. The first-order valence-electron chi connectivity index (χ1n) is 7.05. The Morgan fingerprint density at radius 1 is 0.882 bits per heavy atom. The molecule has 0 aromatic carbocycles. The average Bonchev–Trinajstić information content (AvgIpc) is 2.71. The van der Waals surface area contributed by atoms with Crippen molar-refractivity contribution in [2.75, 3.05) is 6.26 Å². The van der Waals surface area contributed by atoms with Crippen LogP contribution in [0.3, 0.4) is 0 Å². The van der Waals surface area contributed by atoms with Gasteiger partial charge in [-0.25, -0.2) is 0 Å². The number of hydrogen-bond donors (Lipinski definition) is 0. The predicted molar refractivity (Wildman–Crippen MR) is 80.4 cm³/mol. The molecule has 0 atom stereocenters. The van der Waals surface area contributed by atoms with Gasteiger partial charge in [-0.1, -0.05) is 38.5 Å². The third-order valence-electron chi connectivity index (χ3n) is 3.75. The molecule has 0 N–H and O–H groups in total. The Morgan fingerprint density at radius 2 is 1.47 bits per heavy atom. The predicted octanol–water partition coefficient (Wildman–Crippen LogP) is 5.69. The molecule has 2 rings (SSSR count). The van der Waals surface area contributed by atoms with Gasteiger partial charge in [-0.2, -0.15) is 0 Å². The fraction of sp³-hybridized carbons (Fsp3) is 0.733. The van der Waals surface area contributed by atoms with Gasteiger partial charge in [0.15, 0.2) is 0 Å². The van der Waals surface area contributed by atoms with Gasteiger partial charge in [0.2, 0.25) is 0 Å². The van der Waals surface area contributed by atoms with Crippen molar-refractivity contribution in [1.29, 1.82) is 0 Å². The maximum absolute atomic E-state index is 2.42. The van der Waals surface area contributed by atoms with Crippen molar-refractivity contribution in [3.8, 4) is 0 Å². The highest BCUT2D eigenvalue weighted by Crippen LogP contribution is 2.33. The van der Waals surface area contributed by atoms with E-state index in [0.29, 0.717) is 0 Å². The van der Waals surface area contributed by atoms with Crippen LogP contribution in [0.5, 0.6) is 0 Å². The molecule has 17 heavy (non-hydrogen) atoms. The molecule has 1 aromatic rings. The summed E-state index contributed by atoms with van der Waals surface area (Å²) in [5.41, 5.74) is 3.36. The molecule has 0 bridgehead atoms. The molecular weight excluding hydrogens is 244 g/mol. The molecule has 0 amide bonds. The number of rotatable bonds is 1. The summed E-state index contributed by atoms with van der Waals surface area (Å²) in [6.07, 6.45) is 16.4. The van der Waals surface area contributed by atoms with Gasteiger partial charge in [-0.3, -0.25) is 0 Å². The smallest absolute Gasteiger partial charge is 0.0630 e. The highest BCUT2D eigenvalue weighted by Gasteiger charge is 2.11. The number of thioether (sulfide) groups is 1. The number of hydrogen-bond acceptors (Lipinski definition) is 2. The molecule has 0 fully saturated rings. The maximum atomic E-state index is 2.42. The summed E-state index contributed by atoms with van der Waals surface area (Å²) in [7, 11) is 0. The van der Waals surface area contributed by atoms with Crippen molar-refractivity contribution in [1.82, 2.24) is 0 Å². The van der Waals surface area contributed by atoms with Gasteiger partial charge in [0, 0.05) is 0 Å². The molecule has 0 saturated carbocycles. The fourth-order valence-corrected chi connectivity index (χ4v) is 4.61. The molecular formula is C15H24S2. The second-order valence-electron chi connectivity index (χ2n) is 5.06. The standard InChI is InChI=1S/C15H24S2/c1-16-15-14-11-9-7-5-3-2-4-6-8-10-13(14)12-17-15/h12H,2-11H2,1H3. The Bertz CT molecular complexity index is 328. The second kappa shape index (κ2) is 7.48. The monoisotopic (exact) mass is 268 g/mol. The van der Waals surface area contributed by atoms with Gasteiger partial charge in [0.1, 0.15) is 0 Å². The topological polar surface area (TPSA) is 0 Å². The highest BCUT2D eigenvalue weighted by molar-refractivity contribution is 8.00. The fourth-order valence-electron chi connectivity index (χ4n) is 2.72. The Balaban J connectivity index is 2.04. The van der Waals surface area contributed by atoms with Crippen LogP contribution in [-0.4, -0.2) is 6.26 Å². The molecule has 1 aliphatic rings. The lowest BCUT2D eigenvalue weighted by Gasteiger charge is -2.09. The van der Waals surface area contributed by atoms with Crippen LogP contribution in [0.25, 0.3) is 0 Å². The van der Waals surface area contributed by atoms with E-state index in [2.05, 4.69) is 11.6 Å². The second-order valence-corrected chi connectivity index (χ2v) is 7.01. The molecule has 1 aromatic heterocycles. The Labute approximate surface area is 114 Å². The third-order valence-corrected chi connectivity index (χ3v) is 6.02. The van der Waals surface area contributed by atoms with E-state index in [1.165, 1.54) is 64.2 Å². The first-order valence-corrected chi connectivity index (χ1v) is 9.15. The van der Waals surface area contributed by atoms with Crippen LogP contribution in [0.15, 0.2) is 9.59 Å². The lowest BCUT2D eigenvalue weighted by molar-refractivity contribution is 0.559. The van der Waals surface area contributed by atoms with E-state index in [1.807, 2.05) is 23.1 Å². The Morgan fingerprint density at radius 3 is 2.12 bits per heavy atom. The van der Waals surface area contributed by atoms with E-state index in [9.17, 15) is 0 Å². The summed E-state index contributed by atoms with van der Waals surface area (Å²) in [5.74, 6) is 0. The van der Waals surface area contributed by atoms with Gasteiger partial charge in [-0.15, -0.1) is 23.1 Å². The third kappa shape index (κ3) is 4.03.